The highest BCUT2D eigenvalue weighted by molar-refractivity contribution is 7.10. The Labute approximate surface area is 113 Å². The van der Waals surface area contributed by atoms with Gasteiger partial charge in [-0.25, -0.2) is 0 Å². The molecule has 1 aliphatic rings. The van der Waals surface area contributed by atoms with Crippen LogP contribution < -0.4 is 11.1 Å². The van der Waals surface area contributed by atoms with E-state index in [9.17, 15) is 4.79 Å². The van der Waals surface area contributed by atoms with Crippen molar-refractivity contribution >= 4 is 17.2 Å². The first-order valence-electron chi connectivity index (χ1n) is 6.75. The molecule has 1 fully saturated rings. The Bertz CT molecular complexity index is 377. The van der Waals surface area contributed by atoms with Gasteiger partial charge in [0.25, 0.3) is 0 Å². The summed E-state index contributed by atoms with van der Waals surface area (Å²) in [5.74, 6) is 0.507. The van der Waals surface area contributed by atoms with E-state index in [0.717, 1.165) is 12.8 Å². The van der Waals surface area contributed by atoms with Crippen molar-refractivity contribution in [2.24, 2.45) is 11.7 Å². The summed E-state index contributed by atoms with van der Waals surface area (Å²) in [6, 6.07) is 4.39. The van der Waals surface area contributed by atoms with Crippen molar-refractivity contribution in [1.29, 1.82) is 0 Å². The van der Waals surface area contributed by atoms with E-state index in [4.69, 9.17) is 5.73 Å². The minimum absolute atomic E-state index is 0.109. The van der Waals surface area contributed by atoms with Gasteiger partial charge in [0.2, 0.25) is 5.91 Å². The van der Waals surface area contributed by atoms with Gasteiger partial charge >= 0.3 is 0 Å². The number of carbonyl (C=O) groups is 1. The molecular weight excluding hydrogens is 244 g/mol. The van der Waals surface area contributed by atoms with Crippen LogP contribution in [0, 0.1) is 5.92 Å². The Kier molecular flexibility index (Phi) is 4.78. The lowest BCUT2D eigenvalue weighted by molar-refractivity contribution is -0.123. The zero-order valence-corrected chi connectivity index (χ0v) is 11.7. The number of rotatable bonds is 4. The largest absolute Gasteiger partial charge is 0.349 e. The third kappa shape index (κ3) is 3.56. The third-order valence-corrected chi connectivity index (χ3v) is 4.82. The lowest BCUT2D eigenvalue weighted by atomic mass is 9.83. The molecule has 0 aliphatic heterocycles. The Balaban J connectivity index is 1.81. The molecule has 2 rings (SSSR count). The van der Waals surface area contributed by atoms with Crippen LogP contribution in [0.2, 0.25) is 0 Å². The van der Waals surface area contributed by atoms with E-state index in [-0.39, 0.29) is 18.0 Å². The second kappa shape index (κ2) is 6.34. The van der Waals surface area contributed by atoms with Crippen LogP contribution in [0.3, 0.4) is 0 Å². The smallest absolute Gasteiger partial charge is 0.220 e. The Morgan fingerprint density at radius 1 is 1.56 bits per heavy atom. The summed E-state index contributed by atoms with van der Waals surface area (Å²) in [7, 11) is 0. The van der Waals surface area contributed by atoms with Gasteiger partial charge in [-0.3, -0.25) is 4.79 Å². The van der Waals surface area contributed by atoms with Crippen LogP contribution in [-0.4, -0.2) is 11.9 Å². The molecular formula is C14H22N2OS. The molecule has 3 N–H and O–H groups in total. The minimum Gasteiger partial charge on any atom is -0.349 e. The fraction of sp³-hybridized carbons (Fsp3) is 0.643. The summed E-state index contributed by atoms with van der Waals surface area (Å²) in [4.78, 5) is 13.2. The molecule has 1 heterocycles. The van der Waals surface area contributed by atoms with Crippen molar-refractivity contribution in [3.63, 3.8) is 0 Å². The van der Waals surface area contributed by atoms with Gasteiger partial charge in [0.15, 0.2) is 0 Å². The minimum atomic E-state index is 0.109. The zero-order chi connectivity index (χ0) is 13.0. The van der Waals surface area contributed by atoms with Gasteiger partial charge in [-0.15, -0.1) is 11.3 Å². The van der Waals surface area contributed by atoms with Crippen LogP contribution >= 0.6 is 11.3 Å². The number of nitrogens with two attached hydrogens (primary N) is 1. The van der Waals surface area contributed by atoms with Crippen LogP contribution in [0.15, 0.2) is 17.5 Å². The average Bonchev–Trinajstić information content (AvgIpc) is 2.85. The molecule has 0 spiro atoms. The van der Waals surface area contributed by atoms with Gasteiger partial charge in [-0.2, -0.15) is 0 Å². The third-order valence-electron chi connectivity index (χ3n) is 3.76. The molecule has 1 aliphatic carbocycles. The molecule has 0 bridgehead atoms. The lowest BCUT2D eigenvalue weighted by Gasteiger charge is -2.28. The molecule has 1 amide bonds. The maximum Gasteiger partial charge on any atom is 0.220 e. The van der Waals surface area contributed by atoms with Crippen molar-refractivity contribution in [3.05, 3.63) is 22.4 Å². The first kappa shape index (κ1) is 13.6. The van der Waals surface area contributed by atoms with E-state index < -0.39 is 0 Å². The van der Waals surface area contributed by atoms with Crippen LogP contribution in [0.25, 0.3) is 0 Å². The molecule has 1 aromatic heterocycles. The van der Waals surface area contributed by atoms with E-state index in [0.29, 0.717) is 12.3 Å². The highest BCUT2D eigenvalue weighted by atomic mass is 32.1. The summed E-state index contributed by atoms with van der Waals surface area (Å²) in [6.07, 6.45) is 5.17. The molecule has 0 aromatic carbocycles. The first-order chi connectivity index (χ1) is 8.66. The molecule has 3 unspecified atom stereocenters. The molecule has 0 radical (unpaired) electrons. The van der Waals surface area contributed by atoms with E-state index >= 15 is 0 Å². The summed E-state index contributed by atoms with van der Waals surface area (Å²) in [6.45, 7) is 2.03. The fourth-order valence-electron chi connectivity index (χ4n) is 2.64. The summed E-state index contributed by atoms with van der Waals surface area (Å²) in [5.41, 5.74) is 6.07. The number of hydrogen-bond acceptors (Lipinski definition) is 3. The van der Waals surface area contributed by atoms with Crippen LogP contribution in [-0.2, 0) is 4.79 Å². The highest BCUT2D eigenvalue weighted by Crippen LogP contribution is 2.26. The van der Waals surface area contributed by atoms with Crippen LogP contribution in [0.1, 0.15) is 49.9 Å². The number of thiophene rings is 1. The number of amides is 1. The average molecular weight is 266 g/mol. The monoisotopic (exact) mass is 266 g/mol. The van der Waals surface area contributed by atoms with E-state index in [1.165, 1.54) is 17.7 Å². The second-order valence-corrected chi connectivity index (χ2v) is 6.20. The van der Waals surface area contributed by atoms with Crippen molar-refractivity contribution in [2.45, 2.75) is 51.1 Å². The predicted octanol–water partition coefficient (Wildman–Crippen LogP) is 2.83. The number of hydrogen-bond donors (Lipinski definition) is 2. The second-order valence-electron chi connectivity index (χ2n) is 5.22. The van der Waals surface area contributed by atoms with E-state index in [1.54, 1.807) is 11.3 Å². The molecule has 3 nitrogen and oxygen atoms in total. The zero-order valence-electron chi connectivity index (χ0n) is 10.9. The molecule has 1 aromatic rings. The summed E-state index contributed by atoms with van der Waals surface area (Å²) < 4.78 is 0. The SMILES string of the molecule is CC(NC(=O)CC1CCCCC1N)c1cccs1. The van der Waals surface area contributed by atoms with Gasteiger partial charge in [0.1, 0.15) is 0 Å². The fourth-order valence-corrected chi connectivity index (χ4v) is 3.37. The van der Waals surface area contributed by atoms with Crippen LogP contribution in [0.5, 0.6) is 0 Å². The molecule has 0 saturated heterocycles. The first-order valence-corrected chi connectivity index (χ1v) is 7.63. The molecule has 1 saturated carbocycles. The normalized spacial score (nSPS) is 25.7. The molecule has 100 valence electrons. The Hall–Kier alpha value is -0.870. The Morgan fingerprint density at radius 3 is 3.00 bits per heavy atom. The van der Waals surface area contributed by atoms with Gasteiger partial charge in [0, 0.05) is 17.3 Å². The molecule has 3 atom stereocenters. The standard InChI is InChI=1S/C14H22N2OS/c1-10(13-7-4-8-18-13)16-14(17)9-11-5-2-3-6-12(11)15/h4,7-8,10-12H,2-3,5-6,9,15H2,1H3,(H,16,17). The van der Waals surface area contributed by atoms with Crippen molar-refractivity contribution < 1.29 is 4.79 Å². The number of nitrogens with one attached hydrogen (secondary N) is 1. The summed E-state index contributed by atoms with van der Waals surface area (Å²) >= 11 is 1.68. The highest BCUT2D eigenvalue weighted by Gasteiger charge is 2.24. The molecule has 18 heavy (non-hydrogen) atoms. The molecule has 4 heteroatoms. The van der Waals surface area contributed by atoms with Crippen molar-refractivity contribution in [3.8, 4) is 0 Å². The maximum absolute atomic E-state index is 12.0. The lowest BCUT2D eigenvalue weighted by Crippen LogP contribution is -2.37. The number of carbonyl (C=O) groups excluding carboxylic acids is 1. The summed E-state index contributed by atoms with van der Waals surface area (Å²) in [5, 5.41) is 5.10. The van der Waals surface area contributed by atoms with Gasteiger partial charge < -0.3 is 11.1 Å². The van der Waals surface area contributed by atoms with E-state index in [2.05, 4.69) is 11.4 Å². The van der Waals surface area contributed by atoms with Crippen LogP contribution in [0.4, 0.5) is 0 Å². The van der Waals surface area contributed by atoms with Crippen molar-refractivity contribution in [1.82, 2.24) is 5.32 Å². The van der Waals surface area contributed by atoms with E-state index in [1.807, 2.05) is 18.4 Å². The van der Waals surface area contributed by atoms with Gasteiger partial charge in [-0.05, 0) is 37.1 Å². The topological polar surface area (TPSA) is 55.1 Å². The maximum atomic E-state index is 12.0. The van der Waals surface area contributed by atoms with Gasteiger partial charge in [-0.1, -0.05) is 18.9 Å². The predicted molar refractivity (Wildman–Crippen MR) is 75.4 cm³/mol. The van der Waals surface area contributed by atoms with Gasteiger partial charge in [0.05, 0.1) is 6.04 Å². The van der Waals surface area contributed by atoms with Crippen molar-refractivity contribution in [2.75, 3.05) is 0 Å². The quantitative estimate of drug-likeness (QED) is 0.880. The Morgan fingerprint density at radius 2 is 2.33 bits per heavy atom.